The van der Waals surface area contributed by atoms with Crippen molar-refractivity contribution in [1.29, 1.82) is 0 Å². The lowest BCUT2D eigenvalue weighted by Crippen LogP contribution is -2.47. The van der Waals surface area contributed by atoms with Crippen molar-refractivity contribution in [1.82, 2.24) is 10.2 Å². The molecule has 0 aliphatic rings. The van der Waals surface area contributed by atoms with Crippen LogP contribution in [0.5, 0.6) is 5.75 Å². The average molecular weight is 330 g/mol. The monoisotopic (exact) mass is 330 g/mol. The number of phenols is 1. The SMILES string of the molecule is CN(C)C(=O)[C@@H](Cc1ccccc1)NC(=O)c1ccc(O)cc1F. The Morgan fingerprint density at radius 3 is 2.42 bits per heavy atom. The van der Waals surface area contributed by atoms with Crippen LogP contribution in [0, 0.1) is 5.82 Å². The minimum Gasteiger partial charge on any atom is -0.508 e. The first-order valence-electron chi connectivity index (χ1n) is 7.43. The molecule has 0 aliphatic heterocycles. The number of nitrogens with zero attached hydrogens (tertiary/aromatic N) is 1. The molecule has 0 aromatic heterocycles. The lowest BCUT2D eigenvalue weighted by Gasteiger charge is -2.22. The Hall–Kier alpha value is -2.89. The lowest BCUT2D eigenvalue weighted by molar-refractivity contribution is -0.130. The van der Waals surface area contributed by atoms with Gasteiger partial charge in [0.05, 0.1) is 5.56 Å². The molecule has 0 fully saturated rings. The van der Waals surface area contributed by atoms with E-state index in [0.29, 0.717) is 6.42 Å². The molecule has 0 spiro atoms. The molecule has 0 bridgehead atoms. The molecular formula is C18H19FN2O3. The molecule has 0 radical (unpaired) electrons. The number of carbonyl (C=O) groups excluding carboxylic acids is 2. The van der Waals surface area contributed by atoms with Gasteiger partial charge >= 0.3 is 0 Å². The van der Waals surface area contributed by atoms with Gasteiger partial charge in [0, 0.05) is 26.6 Å². The molecular weight excluding hydrogens is 311 g/mol. The Labute approximate surface area is 139 Å². The standard InChI is InChI=1S/C18H19FN2O3/c1-21(2)18(24)16(10-12-6-4-3-5-7-12)20-17(23)14-9-8-13(22)11-15(14)19/h3-9,11,16,22H,10H2,1-2H3,(H,20,23)/t16-/m1/s1. The summed E-state index contributed by atoms with van der Waals surface area (Å²) in [4.78, 5) is 26.0. The van der Waals surface area contributed by atoms with Gasteiger partial charge in [-0.05, 0) is 17.7 Å². The second-order valence-corrected chi connectivity index (χ2v) is 5.61. The number of phenolic OH excluding ortho intramolecular Hbond substituents is 1. The third-order valence-corrected chi connectivity index (χ3v) is 3.52. The van der Waals surface area contributed by atoms with Gasteiger partial charge in [0.2, 0.25) is 5.91 Å². The van der Waals surface area contributed by atoms with E-state index in [0.717, 1.165) is 11.6 Å². The van der Waals surface area contributed by atoms with E-state index in [-0.39, 0.29) is 17.2 Å². The summed E-state index contributed by atoms with van der Waals surface area (Å²) in [6.07, 6.45) is 0.295. The van der Waals surface area contributed by atoms with E-state index in [9.17, 15) is 19.1 Å². The maximum absolute atomic E-state index is 13.8. The second-order valence-electron chi connectivity index (χ2n) is 5.61. The van der Waals surface area contributed by atoms with Gasteiger partial charge in [-0.15, -0.1) is 0 Å². The Bertz CT molecular complexity index is 732. The number of amides is 2. The second kappa shape index (κ2) is 7.59. The number of hydrogen-bond donors (Lipinski definition) is 2. The minimum absolute atomic E-state index is 0.225. The van der Waals surface area contributed by atoms with Crippen molar-refractivity contribution in [2.24, 2.45) is 0 Å². The van der Waals surface area contributed by atoms with Crippen LogP contribution in [-0.4, -0.2) is 42.0 Å². The van der Waals surface area contributed by atoms with Crippen molar-refractivity contribution in [2.45, 2.75) is 12.5 Å². The molecule has 2 aromatic carbocycles. The molecule has 2 aromatic rings. The van der Waals surface area contributed by atoms with Crippen molar-refractivity contribution in [3.05, 3.63) is 65.5 Å². The van der Waals surface area contributed by atoms with Crippen molar-refractivity contribution < 1.29 is 19.1 Å². The van der Waals surface area contributed by atoms with Gasteiger partial charge in [0.1, 0.15) is 17.6 Å². The first kappa shape index (κ1) is 17.5. The molecule has 0 aliphatic carbocycles. The number of rotatable bonds is 5. The van der Waals surface area contributed by atoms with Crippen molar-refractivity contribution >= 4 is 11.8 Å². The summed E-state index contributed by atoms with van der Waals surface area (Å²) in [5, 5.41) is 11.8. The highest BCUT2D eigenvalue weighted by atomic mass is 19.1. The maximum Gasteiger partial charge on any atom is 0.254 e. The predicted octanol–water partition coefficient (Wildman–Crippen LogP) is 1.96. The Morgan fingerprint density at radius 1 is 1.17 bits per heavy atom. The van der Waals surface area contributed by atoms with Gasteiger partial charge in [-0.2, -0.15) is 0 Å². The summed E-state index contributed by atoms with van der Waals surface area (Å²) in [5.41, 5.74) is 0.654. The third kappa shape index (κ3) is 4.32. The van der Waals surface area contributed by atoms with Gasteiger partial charge in [0.15, 0.2) is 0 Å². The van der Waals surface area contributed by atoms with Crippen LogP contribution in [0.25, 0.3) is 0 Å². The fourth-order valence-corrected chi connectivity index (χ4v) is 2.29. The topological polar surface area (TPSA) is 69.6 Å². The number of aromatic hydroxyl groups is 1. The van der Waals surface area contributed by atoms with Crippen molar-refractivity contribution in [3.63, 3.8) is 0 Å². The number of halogens is 1. The quantitative estimate of drug-likeness (QED) is 0.880. The van der Waals surface area contributed by atoms with E-state index in [1.807, 2.05) is 30.3 Å². The van der Waals surface area contributed by atoms with Gasteiger partial charge in [0.25, 0.3) is 5.91 Å². The number of nitrogens with one attached hydrogen (secondary N) is 1. The molecule has 126 valence electrons. The first-order chi connectivity index (χ1) is 11.4. The maximum atomic E-state index is 13.8. The van der Waals surface area contributed by atoms with Crippen LogP contribution in [0.2, 0.25) is 0 Å². The van der Waals surface area contributed by atoms with Crippen molar-refractivity contribution in [3.8, 4) is 5.75 Å². The van der Waals surface area contributed by atoms with Gasteiger partial charge in [-0.1, -0.05) is 30.3 Å². The normalized spacial score (nSPS) is 11.6. The van der Waals surface area contributed by atoms with Crippen molar-refractivity contribution in [2.75, 3.05) is 14.1 Å². The van der Waals surface area contributed by atoms with E-state index in [1.54, 1.807) is 14.1 Å². The zero-order valence-electron chi connectivity index (χ0n) is 13.5. The summed E-state index contributed by atoms with van der Waals surface area (Å²) in [6, 6.07) is 11.7. The van der Waals surface area contributed by atoms with E-state index >= 15 is 0 Å². The van der Waals surface area contributed by atoms with Crippen LogP contribution in [-0.2, 0) is 11.2 Å². The Balaban J connectivity index is 2.21. The molecule has 24 heavy (non-hydrogen) atoms. The molecule has 0 saturated carbocycles. The fourth-order valence-electron chi connectivity index (χ4n) is 2.29. The molecule has 0 unspecified atom stereocenters. The zero-order chi connectivity index (χ0) is 17.7. The third-order valence-electron chi connectivity index (χ3n) is 3.52. The van der Waals surface area contributed by atoms with Crippen LogP contribution < -0.4 is 5.32 Å². The summed E-state index contributed by atoms with van der Waals surface area (Å²) in [7, 11) is 3.18. The first-order valence-corrected chi connectivity index (χ1v) is 7.43. The number of likely N-dealkylation sites (N-methyl/N-ethyl adjacent to an activating group) is 1. The van der Waals surface area contributed by atoms with E-state index in [1.165, 1.54) is 17.0 Å². The van der Waals surface area contributed by atoms with Crippen LogP contribution in [0.3, 0.4) is 0 Å². The minimum atomic E-state index is -0.844. The molecule has 2 amide bonds. The highest BCUT2D eigenvalue weighted by molar-refractivity contribution is 5.97. The Kier molecular flexibility index (Phi) is 5.52. The largest absolute Gasteiger partial charge is 0.508 e. The summed E-state index contributed by atoms with van der Waals surface area (Å²) >= 11 is 0. The molecule has 5 nitrogen and oxygen atoms in total. The van der Waals surface area contributed by atoms with Crippen LogP contribution >= 0.6 is 0 Å². The highest BCUT2D eigenvalue weighted by Gasteiger charge is 2.24. The van der Waals surface area contributed by atoms with E-state index < -0.39 is 17.8 Å². The van der Waals surface area contributed by atoms with E-state index in [2.05, 4.69) is 5.32 Å². The molecule has 6 heteroatoms. The molecule has 2 rings (SSSR count). The zero-order valence-corrected chi connectivity index (χ0v) is 13.5. The average Bonchev–Trinajstić information content (AvgIpc) is 2.54. The summed E-state index contributed by atoms with van der Waals surface area (Å²) in [5.74, 6) is -2.10. The molecule has 0 heterocycles. The van der Waals surface area contributed by atoms with Gasteiger partial charge in [-0.3, -0.25) is 9.59 Å². The fraction of sp³-hybridized carbons (Fsp3) is 0.222. The van der Waals surface area contributed by atoms with E-state index in [4.69, 9.17) is 0 Å². The number of hydrogen-bond acceptors (Lipinski definition) is 3. The van der Waals surface area contributed by atoms with Crippen LogP contribution in [0.1, 0.15) is 15.9 Å². The smallest absolute Gasteiger partial charge is 0.254 e. The molecule has 1 atom stereocenters. The van der Waals surface area contributed by atoms with Gasteiger partial charge < -0.3 is 15.3 Å². The summed E-state index contributed by atoms with van der Waals surface area (Å²) < 4.78 is 13.8. The number of benzene rings is 2. The van der Waals surface area contributed by atoms with Crippen LogP contribution in [0.15, 0.2) is 48.5 Å². The molecule has 0 saturated heterocycles. The number of carbonyl (C=O) groups is 2. The summed E-state index contributed by atoms with van der Waals surface area (Å²) in [6.45, 7) is 0. The van der Waals surface area contributed by atoms with Gasteiger partial charge in [-0.25, -0.2) is 4.39 Å². The highest BCUT2D eigenvalue weighted by Crippen LogP contribution is 2.15. The lowest BCUT2D eigenvalue weighted by atomic mass is 10.0. The molecule has 2 N–H and O–H groups in total. The van der Waals surface area contributed by atoms with Crippen LogP contribution in [0.4, 0.5) is 4.39 Å². The predicted molar refractivity (Wildman–Crippen MR) is 88.2 cm³/mol. The Morgan fingerprint density at radius 2 is 1.83 bits per heavy atom.